The van der Waals surface area contributed by atoms with Gasteiger partial charge in [-0.15, -0.1) is 0 Å². The lowest BCUT2D eigenvalue weighted by Crippen LogP contribution is -2.29. The Kier molecular flexibility index (Phi) is 5.17. The zero-order valence-corrected chi connectivity index (χ0v) is 12.4. The molecule has 2 aromatic rings. The molecule has 1 amide bonds. The molecule has 0 bridgehead atoms. The van der Waals surface area contributed by atoms with Gasteiger partial charge in [-0.3, -0.25) is 4.79 Å². The van der Waals surface area contributed by atoms with E-state index in [1.54, 1.807) is 6.07 Å². The Labute approximate surface area is 128 Å². The van der Waals surface area contributed by atoms with Crippen LogP contribution < -0.4 is 10.6 Å². The maximum Gasteiger partial charge on any atom is 0.239 e. The van der Waals surface area contributed by atoms with Gasteiger partial charge in [-0.25, -0.2) is 4.39 Å². The molecule has 2 rings (SSSR count). The minimum Gasteiger partial charge on any atom is -0.376 e. The molecule has 0 saturated carbocycles. The molecule has 0 aliphatic heterocycles. The van der Waals surface area contributed by atoms with Crippen molar-refractivity contribution >= 4 is 23.2 Å². The molecule has 0 saturated heterocycles. The average molecular weight is 307 g/mol. The van der Waals surface area contributed by atoms with Crippen molar-refractivity contribution in [1.82, 2.24) is 5.32 Å². The van der Waals surface area contributed by atoms with Gasteiger partial charge < -0.3 is 10.6 Å². The lowest BCUT2D eigenvalue weighted by Gasteiger charge is -2.09. The SMILES string of the molecule is Cc1ccccc1CNC(=O)CNc1ccc(Cl)c(F)c1. The Balaban J connectivity index is 1.82. The van der Waals surface area contributed by atoms with E-state index in [0.717, 1.165) is 11.1 Å². The first-order chi connectivity index (χ1) is 10.1. The second kappa shape index (κ2) is 7.09. The van der Waals surface area contributed by atoms with E-state index in [1.165, 1.54) is 12.1 Å². The number of rotatable bonds is 5. The summed E-state index contributed by atoms with van der Waals surface area (Å²) in [5.74, 6) is -0.671. The van der Waals surface area contributed by atoms with Gasteiger partial charge in [0.1, 0.15) is 5.82 Å². The van der Waals surface area contributed by atoms with Crippen LogP contribution in [-0.4, -0.2) is 12.5 Å². The van der Waals surface area contributed by atoms with Crippen LogP contribution in [0.15, 0.2) is 42.5 Å². The minimum atomic E-state index is -0.512. The molecule has 0 aromatic heterocycles. The topological polar surface area (TPSA) is 41.1 Å². The fourth-order valence-electron chi connectivity index (χ4n) is 1.85. The first-order valence-corrected chi connectivity index (χ1v) is 6.94. The molecular formula is C16H16ClFN2O. The van der Waals surface area contributed by atoms with Crippen molar-refractivity contribution in [1.29, 1.82) is 0 Å². The average Bonchev–Trinajstić information content (AvgIpc) is 2.47. The van der Waals surface area contributed by atoms with E-state index in [1.807, 2.05) is 31.2 Å². The van der Waals surface area contributed by atoms with Crippen LogP contribution in [0.5, 0.6) is 0 Å². The summed E-state index contributed by atoms with van der Waals surface area (Å²) in [6.45, 7) is 2.55. The number of benzene rings is 2. The Hall–Kier alpha value is -2.07. The highest BCUT2D eigenvalue weighted by atomic mass is 35.5. The van der Waals surface area contributed by atoms with E-state index in [4.69, 9.17) is 11.6 Å². The van der Waals surface area contributed by atoms with Crippen molar-refractivity contribution < 1.29 is 9.18 Å². The molecule has 2 aromatic carbocycles. The summed E-state index contributed by atoms with van der Waals surface area (Å²) in [6.07, 6.45) is 0. The Morgan fingerprint density at radius 2 is 2.00 bits per heavy atom. The highest BCUT2D eigenvalue weighted by molar-refractivity contribution is 6.30. The van der Waals surface area contributed by atoms with Crippen molar-refractivity contribution in [3.8, 4) is 0 Å². The molecule has 0 radical (unpaired) electrons. The van der Waals surface area contributed by atoms with Crippen LogP contribution in [-0.2, 0) is 11.3 Å². The predicted molar refractivity (Wildman–Crippen MR) is 82.9 cm³/mol. The van der Waals surface area contributed by atoms with Gasteiger partial charge in [-0.05, 0) is 36.2 Å². The van der Waals surface area contributed by atoms with Gasteiger partial charge in [-0.2, -0.15) is 0 Å². The molecule has 0 heterocycles. The second-order valence-electron chi connectivity index (χ2n) is 4.69. The zero-order valence-electron chi connectivity index (χ0n) is 11.6. The van der Waals surface area contributed by atoms with Crippen molar-refractivity contribution in [3.05, 3.63) is 64.4 Å². The van der Waals surface area contributed by atoms with Gasteiger partial charge >= 0.3 is 0 Å². The molecule has 3 nitrogen and oxygen atoms in total. The van der Waals surface area contributed by atoms with Crippen molar-refractivity contribution in [3.63, 3.8) is 0 Å². The van der Waals surface area contributed by atoms with Crippen LogP contribution in [0.3, 0.4) is 0 Å². The van der Waals surface area contributed by atoms with E-state index < -0.39 is 5.82 Å². The van der Waals surface area contributed by atoms with E-state index in [-0.39, 0.29) is 17.5 Å². The maximum atomic E-state index is 13.2. The van der Waals surface area contributed by atoms with Crippen LogP contribution in [0.25, 0.3) is 0 Å². The molecular weight excluding hydrogens is 291 g/mol. The molecule has 0 spiro atoms. The number of halogens is 2. The van der Waals surface area contributed by atoms with E-state index in [2.05, 4.69) is 10.6 Å². The molecule has 0 atom stereocenters. The summed E-state index contributed by atoms with van der Waals surface area (Å²) < 4.78 is 13.2. The quantitative estimate of drug-likeness (QED) is 0.887. The standard InChI is InChI=1S/C16H16ClFN2O/c1-11-4-2-3-5-12(11)9-20-16(21)10-19-13-6-7-14(17)15(18)8-13/h2-8,19H,9-10H2,1H3,(H,20,21). The van der Waals surface area contributed by atoms with E-state index >= 15 is 0 Å². The van der Waals surface area contributed by atoms with E-state index in [0.29, 0.717) is 12.2 Å². The Bertz CT molecular complexity index is 646. The second-order valence-corrected chi connectivity index (χ2v) is 5.09. The summed E-state index contributed by atoms with van der Waals surface area (Å²) in [7, 11) is 0. The largest absolute Gasteiger partial charge is 0.376 e. The fraction of sp³-hybridized carbons (Fsp3) is 0.188. The normalized spacial score (nSPS) is 10.2. The number of hydrogen-bond acceptors (Lipinski definition) is 2. The van der Waals surface area contributed by atoms with Crippen LogP contribution in [0.4, 0.5) is 10.1 Å². The number of aryl methyl sites for hydroxylation is 1. The van der Waals surface area contributed by atoms with Crippen molar-refractivity contribution in [2.24, 2.45) is 0 Å². The van der Waals surface area contributed by atoms with Gasteiger partial charge in [0.2, 0.25) is 5.91 Å². The summed E-state index contributed by atoms with van der Waals surface area (Å²) in [6, 6.07) is 12.2. The summed E-state index contributed by atoms with van der Waals surface area (Å²) >= 11 is 5.59. The third-order valence-electron chi connectivity index (χ3n) is 3.11. The van der Waals surface area contributed by atoms with Gasteiger partial charge in [0.15, 0.2) is 0 Å². The molecule has 0 aliphatic carbocycles. The molecule has 21 heavy (non-hydrogen) atoms. The minimum absolute atomic E-state index is 0.0598. The first kappa shape index (κ1) is 15.3. The lowest BCUT2D eigenvalue weighted by atomic mass is 10.1. The number of hydrogen-bond donors (Lipinski definition) is 2. The van der Waals surface area contributed by atoms with Crippen molar-refractivity contribution in [2.75, 3.05) is 11.9 Å². The lowest BCUT2D eigenvalue weighted by molar-refractivity contribution is -0.119. The highest BCUT2D eigenvalue weighted by Crippen LogP contribution is 2.18. The van der Waals surface area contributed by atoms with E-state index in [9.17, 15) is 9.18 Å². The molecule has 110 valence electrons. The molecule has 0 aliphatic rings. The number of amides is 1. The van der Waals surface area contributed by atoms with Gasteiger partial charge in [-0.1, -0.05) is 35.9 Å². The molecule has 0 unspecified atom stereocenters. The van der Waals surface area contributed by atoms with Crippen LogP contribution >= 0.6 is 11.6 Å². The summed E-state index contributed by atoms with van der Waals surface area (Å²) in [5.41, 5.74) is 2.72. The number of nitrogens with one attached hydrogen (secondary N) is 2. The van der Waals surface area contributed by atoms with Gasteiger partial charge in [0.05, 0.1) is 11.6 Å². The summed E-state index contributed by atoms with van der Waals surface area (Å²) in [4.78, 5) is 11.8. The number of anilines is 1. The van der Waals surface area contributed by atoms with Crippen LogP contribution in [0.2, 0.25) is 5.02 Å². The van der Waals surface area contributed by atoms with Crippen molar-refractivity contribution in [2.45, 2.75) is 13.5 Å². The number of carbonyl (C=O) groups excluding carboxylic acids is 1. The monoisotopic (exact) mass is 306 g/mol. The maximum absolute atomic E-state index is 13.2. The first-order valence-electron chi connectivity index (χ1n) is 6.56. The summed E-state index contributed by atoms with van der Waals surface area (Å²) in [5, 5.41) is 5.73. The van der Waals surface area contributed by atoms with Gasteiger partial charge in [0, 0.05) is 12.2 Å². The molecule has 2 N–H and O–H groups in total. The highest BCUT2D eigenvalue weighted by Gasteiger charge is 2.04. The third-order valence-corrected chi connectivity index (χ3v) is 3.42. The van der Waals surface area contributed by atoms with Crippen LogP contribution in [0, 0.1) is 12.7 Å². The number of carbonyl (C=O) groups is 1. The third kappa shape index (κ3) is 4.46. The molecule has 5 heteroatoms. The zero-order chi connectivity index (χ0) is 15.2. The van der Waals surface area contributed by atoms with Crippen LogP contribution in [0.1, 0.15) is 11.1 Å². The Morgan fingerprint density at radius 3 is 2.71 bits per heavy atom. The molecule has 0 fully saturated rings. The van der Waals surface area contributed by atoms with Gasteiger partial charge in [0.25, 0.3) is 0 Å². The Morgan fingerprint density at radius 1 is 1.24 bits per heavy atom. The smallest absolute Gasteiger partial charge is 0.239 e. The fourth-order valence-corrected chi connectivity index (χ4v) is 1.97. The predicted octanol–water partition coefficient (Wildman–Crippen LogP) is 3.52.